The molecule has 4 fully saturated rings. The predicted octanol–water partition coefficient (Wildman–Crippen LogP) is 8.27. The molecule has 3 aliphatic heterocycles. The van der Waals surface area contributed by atoms with E-state index >= 15 is 0 Å². The summed E-state index contributed by atoms with van der Waals surface area (Å²) >= 11 is 0. The number of imidazole rings is 1. The van der Waals surface area contributed by atoms with Gasteiger partial charge in [0, 0.05) is 41.5 Å². The van der Waals surface area contributed by atoms with Crippen molar-refractivity contribution in [3.63, 3.8) is 0 Å². The zero-order chi connectivity index (χ0) is 31.6. The molecule has 2 aliphatic carbocycles. The Balaban J connectivity index is 1.00. The van der Waals surface area contributed by atoms with Crippen LogP contribution in [0.15, 0.2) is 54.2 Å². The first-order chi connectivity index (χ1) is 22.2. The summed E-state index contributed by atoms with van der Waals surface area (Å²) < 4.78 is 5.73. The lowest BCUT2D eigenvalue weighted by molar-refractivity contribution is 0.0218. The molecule has 2 saturated heterocycles. The maximum Gasteiger partial charge on any atom is 0.410 e. The maximum atomic E-state index is 13.0. The lowest BCUT2D eigenvalue weighted by atomic mass is 9.94. The second-order valence-corrected chi connectivity index (χ2v) is 15.5. The van der Waals surface area contributed by atoms with Crippen LogP contribution in [0, 0.1) is 5.92 Å². The summed E-state index contributed by atoms with van der Waals surface area (Å²) in [4.78, 5) is 26.3. The zero-order valence-corrected chi connectivity index (χ0v) is 27.9. The SMILES string of the molecule is CN1CCC[C@H]1C1CC(c2ccc(-c3ccc(-c4nc([C@@H]5CCCN5C(=O)OC(C)(C)C)[nH]c4C4CC4)cc3)cc2)=C(C2CC2)N1. The lowest BCUT2D eigenvalue weighted by Crippen LogP contribution is -2.42. The van der Waals surface area contributed by atoms with Gasteiger partial charge in [-0.1, -0.05) is 48.5 Å². The van der Waals surface area contributed by atoms with Gasteiger partial charge in [0.25, 0.3) is 0 Å². The van der Waals surface area contributed by atoms with Gasteiger partial charge in [-0.15, -0.1) is 0 Å². The molecule has 3 aromatic rings. The second-order valence-electron chi connectivity index (χ2n) is 15.5. The van der Waals surface area contributed by atoms with Gasteiger partial charge in [0.05, 0.1) is 11.7 Å². The first-order valence-corrected chi connectivity index (χ1v) is 17.7. The quantitative estimate of drug-likeness (QED) is 0.279. The summed E-state index contributed by atoms with van der Waals surface area (Å²) in [6.07, 6.45) is 10.4. The highest BCUT2D eigenvalue weighted by Gasteiger charge is 2.40. The normalized spacial score (nSPS) is 25.4. The van der Waals surface area contributed by atoms with E-state index in [4.69, 9.17) is 9.72 Å². The van der Waals surface area contributed by atoms with Crippen molar-refractivity contribution in [2.75, 3.05) is 20.1 Å². The molecular formula is C39H49N5O2. The summed E-state index contributed by atoms with van der Waals surface area (Å²) in [7, 11) is 2.29. The molecule has 7 nitrogen and oxygen atoms in total. The van der Waals surface area contributed by atoms with Crippen LogP contribution in [0.25, 0.3) is 28.0 Å². The molecule has 4 heterocycles. The topological polar surface area (TPSA) is 73.5 Å². The van der Waals surface area contributed by atoms with Gasteiger partial charge in [-0.05, 0) is 120 Å². The smallest absolute Gasteiger partial charge is 0.410 e. The van der Waals surface area contributed by atoms with E-state index < -0.39 is 5.60 Å². The van der Waals surface area contributed by atoms with Crippen LogP contribution in [0.1, 0.15) is 108 Å². The van der Waals surface area contributed by atoms with Crippen molar-refractivity contribution in [1.82, 2.24) is 25.1 Å². The van der Waals surface area contributed by atoms with Crippen molar-refractivity contribution >= 4 is 11.7 Å². The maximum absolute atomic E-state index is 13.0. The van der Waals surface area contributed by atoms with E-state index in [0.717, 1.165) is 42.3 Å². The summed E-state index contributed by atoms with van der Waals surface area (Å²) in [6.45, 7) is 7.69. The van der Waals surface area contributed by atoms with E-state index in [1.165, 1.54) is 73.2 Å². The van der Waals surface area contributed by atoms with Crippen molar-refractivity contribution in [1.29, 1.82) is 0 Å². The molecule has 2 N–H and O–H groups in total. The molecule has 242 valence electrons. The van der Waals surface area contributed by atoms with Crippen LogP contribution in [-0.4, -0.2) is 63.7 Å². The number of aromatic amines is 1. The van der Waals surface area contributed by atoms with Gasteiger partial charge in [-0.25, -0.2) is 9.78 Å². The van der Waals surface area contributed by atoms with Gasteiger partial charge in [0.2, 0.25) is 0 Å². The highest BCUT2D eigenvalue weighted by atomic mass is 16.6. The van der Waals surface area contributed by atoms with Gasteiger partial charge < -0.3 is 19.9 Å². The molecule has 0 radical (unpaired) electrons. The van der Waals surface area contributed by atoms with E-state index in [9.17, 15) is 4.79 Å². The summed E-state index contributed by atoms with van der Waals surface area (Å²) in [5.74, 6) is 2.15. The van der Waals surface area contributed by atoms with Crippen LogP contribution < -0.4 is 5.32 Å². The zero-order valence-electron chi connectivity index (χ0n) is 27.9. The highest BCUT2D eigenvalue weighted by Crippen LogP contribution is 2.46. The molecule has 0 bridgehead atoms. The first-order valence-electron chi connectivity index (χ1n) is 17.7. The molecule has 1 amide bonds. The Hall–Kier alpha value is -3.58. The number of aromatic nitrogens is 2. The largest absolute Gasteiger partial charge is 0.444 e. The van der Waals surface area contributed by atoms with Gasteiger partial charge in [0.15, 0.2) is 0 Å². The fraction of sp³-hybridized carbons (Fsp3) is 0.538. The molecule has 5 aliphatic rings. The van der Waals surface area contributed by atoms with Crippen LogP contribution >= 0.6 is 0 Å². The Morgan fingerprint density at radius 3 is 2.07 bits per heavy atom. The highest BCUT2D eigenvalue weighted by molar-refractivity contribution is 5.76. The van der Waals surface area contributed by atoms with Crippen LogP contribution in [0.2, 0.25) is 0 Å². The number of likely N-dealkylation sites (tertiary alicyclic amines) is 2. The van der Waals surface area contributed by atoms with Crippen LogP contribution in [-0.2, 0) is 4.74 Å². The van der Waals surface area contributed by atoms with Crippen LogP contribution in [0.4, 0.5) is 4.79 Å². The molecule has 7 heteroatoms. The van der Waals surface area contributed by atoms with Crippen LogP contribution in [0.3, 0.4) is 0 Å². The number of carbonyl (C=O) groups is 1. The van der Waals surface area contributed by atoms with E-state index in [-0.39, 0.29) is 12.1 Å². The van der Waals surface area contributed by atoms with Crippen molar-refractivity contribution in [3.8, 4) is 22.4 Å². The third-order valence-electron chi connectivity index (χ3n) is 10.8. The minimum atomic E-state index is -0.514. The molecule has 3 atom stereocenters. The van der Waals surface area contributed by atoms with Crippen molar-refractivity contribution in [2.24, 2.45) is 5.92 Å². The number of nitrogens with zero attached hydrogens (tertiary/aromatic N) is 3. The van der Waals surface area contributed by atoms with Gasteiger partial charge >= 0.3 is 6.09 Å². The minimum Gasteiger partial charge on any atom is -0.444 e. The predicted molar refractivity (Wildman–Crippen MR) is 183 cm³/mol. The summed E-state index contributed by atoms with van der Waals surface area (Å²) in [5.41, 5.74) is 9.78. The summed E-state index contributed by atoms with van der Waals surface area (Å²) in [5, 5.41) is 4.00. The molecule has 8 rings (SSSR count). The molecule has 2 saturated carbocycles. The lowest BCUT2D eigenvalue weighted by Gasteiger charge is -2.27. The van der Waals surface area contributed by atoms with E-state index in [2.05, 4.69) is 70.8 Å². The number of hydrogen-bond donors (Lipinski definition) is 2. The van der Waals surface area contributed by atoms with Crippen LogP contribution in [0.5, 0.6) is 0 Å². The number of rotatable bonds is 7. The van der Waals surface area contributed by atoms with Crippen molar-refractivity contribution < 1.29 is 9.53 Å². The Morgan fingerprint density at radius 2 is 1.46 bits per heavy atom. The fourth-order valence-electron chi connectivity index (χ4n) is 8.08. The number of nitrogens with one attached hydrogen (secondary N) is 2. The first kappa shape index (κ1) is 29.8. The Morgan fingerprint density at radius 1 is 0.826 bits per heavy atom. The van der Waals surface area contributed by atoms with E-state index in [1.807, 2.05) is 25.7 Å². The van der Waals surface area contributed by atoms with Crippen molar-refractivity contribution in [3.05, 3.63) is 71.3 Å². The number of hydrogen-bond acceptors (Lipinski definition) is 5. The minimum absolute atomic E-state index is 0.0705. The molecule has 1 aromatic heterocycles. The van der Waals surface area contributed by atoms with Gasteiger partial charge in [-0.3, -0.25) is 4.90 Å². The van der Waals surface area contributed by atoms with E-state index in [0.29, 0.717) is 24.5 Å². The molecule has 46 heavy (non-hydrogen) atoms. The fourth-order valence-corrected chi connectivity index (χ4v) is 8.08. The molecular weight excluding hydrogens is 570 g/mol. The molecule has 2 aromatic carbocycles. The average molecular weight is 620 g/mol. The third-order valence-corrected chi connectivity index (χ3v) is 10.8. The third kappa shape index (κ3) is 5.87. The van der Waals surface area contributed by atoms with Gasteiger partial charge in [-0.2, -0.15) is 0 Å². The Bertz CT molecular complexity index is 1620. The number of benzene rings is 2. The van der Waals surface area contributed by atoms with Gasteiger partial charge in [0.1, 0.15) is 11.4 Å². The number of amides is 1. The Labute approximate surface area is 273 Å². The number of carbonyl (C=O) groups excluding carboxylic acids is 1. The number of likely N-dealkylation sites (N-methyl/N-ethyl adjacent to an activating group) is 1. The average Bonchev–Trinajstić information content (AvgIpc) is 3.84. The van der Waals surface area contributed by atoms with E-state index in [1.54, 1.807) is 5.57 Å². The standard InChI is InChI=1S/C39H49N5O2/c1-39(2,3)46-38(45)44-22-6-8-33(44)37-41-35(36(42-37)29-19-20-29)28-15-11-25(12-16-28)24-9-13-26(14-10-24)30-23-31(32-7-5-21-43(32)4)40-34(30)27-17-18-27/h9-16,27,29,31-33,40H,5-8,17-23H2,1-4H3,(H,41,42)/t31?,32-,33-/m0/s1. The molecule has 0 spiro atoms. The Kier molecular flexibility index (Phi) is 7.51. The monoisotopic (exact) mass is 619 g/mol. The summed E-state index contributed by atoms with van der Waals surface area (Å²) in [6, 6.07) is 19.3. The number of H-pyrrole nitrogens is 1. The van der Waals surface area contributed by atoms with Crippen molar-refractivity contribution in [2.45, 2.75) is 108 Å². The number of allylic oxidation sites excluding steroid dienone is 1. The number of ether oxygens (including phenoxy) is 1. The second kappa shape index (κ2) is 11.6. The molecule has 1 unspecified atom stereocenters.